The van der Waals surface area contributed by atoms with Crippen LogP contribution in [0.5, 0.6) is 0 Å². The highest BCUT2D eigenvalue weighted by molar-refractivity contribution is 4.75. The molecule has 2 N–H and O–H groups in total. The molecule has 4 heteroatoms. The Morgan fingerprint density at radius 1 is 1.19 bits per heavy atom. The van der Waals surface area contributed by atoms with E-state index < -0.39 is 6.10 Å². The van der Waals surface area contributed by atoms with E-state index in [1.165, 1.54) is 32.1 Å². The van der Waals surface area contributed by atoms with Gasteiger partial charge in [0, 0.05) is 19.7 Å². The molecule has 4 nitrogen and oxygen atoms in total. The highest BCUT2D eigenvalue weighted by Gasteiger charge is 2.24. The average Bonchev–Trinajstić information content (AvgIpc) is 2.52. The first-order chi connectivity index (χ1) is 10.3. The van der Waals surface area contributed by atoms with Gasteiger partial charge in [-0.3, -0.25) is 0 Å². The molecular weight excluding hydrogens is 266 g/mol. The Bertz CT molecular complexity index is 238. The van der Waals surface area contributed by atoms with Gasteiger partial charge in [0.15, 0.2) is 0 Å². The summed E-state index contributed by atoms with van der Waals surface area (Å²) >= 11 is 0. The van der Waals surface area contributed by atoms with Gasteiger partial charge in [-0.2, -0.15) is 0 Å². The Kier molecular flexibility index (Phi) is 11.1. The molecule has 1 rings (SSSR count). The van der Waals surface area contributed by atoms with Crippen LogP contribution < -0.4 is 5.32 Å². The lowest BCUT2D eigenvalue weighted by Gasteiger charge is -2.31. The molecule has 0 saturated heterocycles. The molecule has 1 aliphatic rings. The quantitative estimate of drug-likeness (QED) is 0.544. The monoisotopic (exact) mass is 301 g/mol. The number of ether oxygens (including phenoxy) is 2. The molecule has 0 heterocycles. The smallest absolute Gasteiger partial charge is 0.0897 e. The van der Waals surface area contributed by atoms with Crippen molar-refractivity contribution in [2.75, 3.05) is 32.9 Å². The minimum Gasteiger partial charge on any atom is -0.389 e. The molecule has 0 radical (unpaired) electrons. The Hall–Kier alpha value is -0.160. The Morgan fingerprint density at radius 3 is 2.76 bits per heavy atom. The molecule has 0 aliphatic heterocycles. The van der Waals surface area contributed by atoms with Crippen molar-refractivity contribution in [2.24, 2.45) is 5.92 Å². The number of rotatable bonds is 12. The highest BCUT2D eigenvalue weighted by atomic mass is 16.5. The largest absolute Gasteiger partial charge is 0.389 e. The van der Waals surface area contributed by atoms with Crippen molar-refractivity contribution in [3.8, 4) is 0 Å². The lowest BCUT2D eigenvalue weighted by atomic mass is 9.85. The third-order valence-electron chi connectivity index (χ3n) is 4.31. The summed E-state index contributed by atoms with van der Waals surface area (Å²) in [5, 5.41) is 13.2. The zero-order valence-electron chi connectivity index (χ0n) is 14.0. The van der Waals surface area contributed by atoms with Crippen molar-refractivity contribution >= 4 is 0 Å². The molecule has 0 aromatic rings. The SMILES string of the molecule is CCCCOCCNCC(O)COC1CCCCC1CC. The van der Waals surface area contributed by atoms with E-state index in [9.17, 15) is 5.11 Å². The first kappa shape index (κ1) is 18.9. The lowest BCUT2D eigenvalue weighted by Crippen LogP contribution is -2.36. The summed E-state index contributed by atoms with van der Waals surface area (Å²) in [7, 11) is 0. The molecule has 126 valence electrons. The fraction of sp³-hybridized carbons (Fsp3) is 1.00. The molecule has 0 aromatic heterocycles. The van der Waals surface area contributed by atoms with Crippen LogP contribution in [0.25, 0.3) is 0 Å². The van der Waals surface area contributed by atoms with Crippen molar-refractivity contribution in [1.82, 2.24) is 5.32 Å². The maximum atomic E-state index is 9.95. The number of unbranched alkanes of at least 4 members (excludes halogenated alkanes) is 1. The van der Waals surface area contributed by atoms with E-state index in [0.717, 1.165) is 26.0 Å². The van der Waals surface area contributed by atoms with Crippen LogP contribution in [0.3, 0.4) is 0 Å². The van der Waals surface area contributed by atoms with E-state index in [1.54, 1.807) is 0 Å². The molecule has 1 aliphatic carbocycles. The average molecular weight is 301 g/mol. The van der Waals surface area contributed by atoms with Gasteiger partial charge in [-0.1, -0.05) is 39.5 Å². The first-order valence-corrected chi connectivity index (χ1v) is 8.86. The number of hydrogen-bond acceptors (Lipinski definition) is 4. The maximum Gasteiger partial charge on any atom is 0.0897 e. The Labute approximate surface area is 130 Å². The number of aliphatic hydroxyl groups is 1. The fourth-order valence-electron chi connectivity index (χ4n) is 2.92. The highest BCUT2D eigenvalue weighted by Crippen LogP contribution is 2.29. The third-order valence-corrected chi connectivity index (χ3v) is 4.31. The second-order valence-corrected chi connectivity index (χ2v) is 6.15. The normalized spacial score (nSPS) is 24.1. The molecule has 0 amide bonds. The van der Waals surface area contributed by atoms with E-state index in [2.05, 4.69) is 19.2 Å². The molecular formula is C17H35NO3. The van der Waals surface area contributed by atoms with Gasteiger partial charge in [0.2, 0.25) is 0 Å². The van der Waals surface area contributed by atoms with Crippen molar-refractivity contribution in [3.05, 3.63) is 0 Å². The van der Waals surface area contributed by atoms with Gasteiger partial charge in [0.1, 0.15) is 0 Å². The summed E-state index contributed by atoms with van der Waals surface area (Å²) < 4.78 is 11.4. The minimum absolute atomic E-state index is 0.357. The maximum absolute atomic E-state index is 9.95. The molecule has 1 saturated carbocycles. The summed E-state index contributed by atoms with van der Waals surface area (Å²) in [6.45, 7) is 7.78. The summed E-state index contributed by atoms with van der Waals surface area (Å²) in [6, 6.07) is 0. The van der Waals surface area contributed by atoms with Crippen molar-refractivity contribution in [2.45, 2.75) is 71.0 Å². The van der Waals surface area contributed by atoms with Crippen molar-refractivity contribution < 1.29 is 14.6 Å². The lowest BCUT2D eigenvalue weighted by molar-refractivity contribution is -0.0500. The van der Waals surface area contributed by atoms with E-state index in [4.69, 9.17) is 9.47 Å². The molecule has 0 bridgehead atoms. The van der Waals surface area contributed by atoms with Crippen LogP contribution in [0.1, 0.15) is 58.8 Å². The van der Waals surface area contributed by atoms with Gasteiger partial charge >= 0.3 is 0 Å². The van der Waals surface area contributed by atoms with Crippen LogP contribution in [0, 0.1) is 5.92 Å². The van der Waals surface area contributed by atoms with E-state index in [1.807, 2.05) is 0 Å². The molecule has 21 heavy (non-hydrogen) atoms. The van der Waals surface area contributed by atoms with E-state index >= 15 is 0 Å². The third kappa shape index (κ3) is 8.77. The Morgan fingerprint density at radius 2 is 2.00 bits per heavy atom. The Balaban J connectivity index is 1.99. The summed E-state index contributed by atoms with van der Waals surface area (Å²) in [4.78, 5) is 0. The van der Waals surface area contributed by atoms with Crippen molar-refractivity contribution in [3.63, 3.8) is 0 Å². The summed E-state index contributed by atoms with van der Waals surface area (Å²) in [6.07, 6.45) is 8.46. The number of hydrogen-bond donors (Lipinski definition) is 2. The van der Waals surface area contributed by atoms with E-state index in [-0.39, 0.29) is 0 Å². The molecule has 0 spiro atoms. The first-order valence-electron chi connectivity index (χ1n) is 8.86. The summed E-state index contributed by atoms with van der Waals surface area (Å²) in [5.74, 6) is 0.686. The second kappa shape index (κ2) is 12.4. The van der Waals surface area contributed by atoms with Crippen molar-refractivity contribution in [1.29, 1.82) is 0 Å². The number of aliphatic hydroxyl groups excluding tert-OH is 1. The molecule has 1 fully saturated rings. The van der Waals surface area contributed by atoms with Crippen LogP contribution in [0.4, 0.5) is 0 Å². The molecule has 3 unspecified atom stereocenters. The topological polar surface area (TPSA) is 50.7 Å². The zero-order chi connectivity index (χ0) is 15.3. The molecule has 3 atom stereocenters. The predicted octanol–water partition coefficient (Wildman–Crippen LogP) is 2.74. The van der Waals surface area contributed by atoms with Gasteiger partial charge in [0.25, 0.3) is 0 Å². The second-order valence-electron chi connectivity index (χ2n) is 6.15. The van der Waals surface area contributed by atoms with Gasteiger partial charge in [-0.25, -0.2) is 0 Å². The van der Waals surface area contributed by atoms with Gasteiger partial charge in [-0.05, 0) is 25.2 Å². The summed E-state index contributed by atoms with van der Waals surface area (Å²) in [5.41, 5.74) is 0. The van der Waals surface area contributed by atoms with E-state index in [0.29, 0.717) is 31.8 Å². The standard InChI is InChI=1S/C17H35NO3/c1-3-5-11-20-12-10-18-13-16(19)14-21-17-9-7-6-8-15(17)4-2/h15-19H,3-14H2,1-2H3. The van der Waals surface area contributed by atoms with Gasteiger partial charge < -0.3 is 19.9 Å². The van der Waals surface area contributed by atoms with Crippen LogP contribution in [-0.2, 0) is 9.47 Å². The zero-order valence-corrected chi connectivity index (χ0v) is 14.0. The van der Waals surface area contributed by atoms with Crippen LogP contribution in [-0.4, -0.2) is 50.2 Å². The van der Waals surface area contributed by atoms with Crippen LogP contribution >= 0.6 is 0 Å². The number of nitrogens with one attached hydrogen (secondary N) is 1. The van der Waals surface area contributed by atoms with Gasteiger partial charge in [0.05, 0.1) is 25.4 Å². The van der Waals surface area contributed by atoms with Crippen LogP contribution in [0.15, 0.2) is 0 Å². The fourth-order valence-corrected chi connectivity index (χ4v) is 2.92. The van der Waals surface area contributed by atoms with Crippen LogP contribution in [0.2, 0.25) is 0 Å². The molecule has 0 aromatic carbocycles. The minimum atomic E-state index is -0.417. The predicted molar refractivity (Wildman–Crippen MR) is 86.6 cm³/mol. The van der Waals surface area contributed by atoms with Gasteiger partial charge in [-0.15, -0.1) is 0 Å².